The maximum absolute atomic E-state index is 11.3. The number of ether oxygens (including phenoxy) is 3. The van der Waals surface area contributed by atoms with Gasteiger partial charge in [-0.15, -0.1) is 0 Å². The standard InChI is InChI=1S/C18H16Cl2O4/c1-10(21)23-18-14(19)16(22-2)12-8-9-13(24-17(12)15(18)20)11-6-4-3-5-7-11/h3-7,13H,8-9H2,1-2H3/t13-/m0/s1. The highest BCUT2D eigenvalue weighted by Crippen LogP contribution is 2.53. The summed E-state index contributed by atoms with van der Waals surface area (Å²) in [6, 6.07) is 9.88. The van der Waals surface area contributed by atoms with Crippen molar-refractivity contribution in [2.24, 2.45) is 0 Å². The first-order valence-electron chi connectivity index (χ1n) is 7.50. The van der Waals surface area contributed by atoms with E-state index in [1.807, 2.05) is 30.3 Å². The van der Waals surface area contributed by atoms with E-state index in [1.54, 1.807) is 0 Å². The van der Waals surface area contributed by atoms with Crippen LogP contribution in [0.15, 0.2) is 30.3 Å². The number of hydrogen-bond acceptors (Lipinski definition) is 4. The molecule has 2 aromatic carbocycles. The van der Waals surface area contributed by atoms with E-state index in [2.05, 4.69) is 0 Å². The number of methoxy groups -OCH3 is 1. The molecular formula is C18H16Cl2O4. The molecule has 1 aliphatic rings. The second kappa shape index (κ2) is 6.91. The largest absolute Gasteiger partial charge is 0.495 e. The second-order valence-corrected chi connectivity index (χ2v) is 6.20. The molecule has 1 atom stereocenters. The first-order valence-corrected chi connectivity index (χ1v) is 8.26. The fourth-order valence-corrected chi connectivity index (χ4v) is 3.51. The molecule has 0 aromatic heterocycles. The lowest BCUT2D eigenvalue weighted by Gasteiger charge is -2.29. The highest BCUT2D eigenvalue weighted by molar-refractivity contribution is 6.39. The molecular weight excluding hydrogens is 351 g/mol. The van der Waals surface area contributed by atoms with E-state index in [0.29, 0.717) is 17.9 Å². The Balaban J connectivity index is 2.07. The maximum Gasteiger partial charge on any atom is 0.308 e. The molecule has 0 radical (unpaired) electrons. The summed E-state index contributed by atoms with van der Waals surface area (Å²) >= 11 is 12.7. The fourth-order valence-electron chi connectivity index (χ4n) is 2.85. The Morgan fingerprint density at radius 3 is 2.50 bits per heavy atom. The number of halogens is 2. The van der Waals surface area contributed by atoms with Gasteiger partial charge in [-0.1, -0.05) is 53.5 Å². The Morgan fingerprint density at radius 2 is 1.88 bits per heavy atom. The van der Waals surface area contributed by atoms with Gasteiger partial charge in [-0.2, -0.15) is 0 Å². The van der Waals surface area contributed by atoms with E-state index in [9.17, 15) is 4.79 Å². The summed E-state index contributed by atoms with van der Waals surface area (Å²) in [5.41, 5.74) is 1.85. The van der Waals surface area contributed by atoms with Crippen LogP contribution in [0.2, 0.25) is 10.0 Å². The Hall–Kier alpha value is -1.91. The zero-order valence-electron chi connectivity index (χ0n) is 13.3. The molecule has 3 rings (SSSR count). The molecule has 0 bridgehead atoms. The molecule has 0 spiro atoms. The number of benzene rings is 2. The summed E-state index contributed by atoms with van der Waals surface area (Å²) in [5.74, 6) is 0.430. The number of rotatable bonds is 3. The lowest BCUT2D eigenvalue weighted by Crippen LogP contribution is -2.17. The van der Waals surface area contributed by atoms with Crippen LogP contribution in [0.25, 0.3) is 0 Å². The molecule has 0 N–H and O–H groups in total. The van der Waals surface area contributed by atoms with Gasteiger partial charge < -0.3 is 14.2 Å². The molecule has 6 heteroatoms. The SMILES string of the molecule is COc1c(Cl)c(OC(C)=O)c(Cl)c2c1CC[C@@H](c1ccccc1)O2. The van der Waals surface area contributed by atoms with Crippen LogP contribution < -0.4 is 14.2 Å². The van der Waals surface area contributed by atoms with E-state index < -0.39 is 5.97 Å². The molecule has 0 saturated heterocycles. The first-order chi connectivity index (χ1) is 11.5. The Kier molecular flexibility index (Phi) is 4.88. The Labute approximate surface area is 150 Å². The number of carbonyl (C=O) groups excluding carboxylic acids is 1. The predicted molar refractivity (Wildman–Crippen MR) is 92.5 cm³/mol. The van der Waals surface area contributed by atoms with E-state index in [1.165, 1.54) is 14.0 Å². The van der Waals surface area contributed by atoms with Crippen molar-refractivity contribution in [3.05, 3.63) is 51.5 Å². The average Bonchev–Trinajstić information content (AvgIpc) is 2.59. The second-order valence-electron chi connectivity index (χ2n) is 5.45. The van der Waals surface area contributed by atoms with Gasteiger partial charge in [-0.05, 0) is 18.4 Å². The van der Waals surface area contributed by atoms with Crippen LogP contribution >= 0.6 is 23.2 Å². The Bertz CT molecular complexity index is 775. The van der Waals surface area contributed by atoms with Crippen molar-refractivity contribution in [2.75, 3.05) is 7.11 Å². The zero-order valence-corrected chi connectivity index (χ0v) is 14.8. The molecule has 1 aliphatic heterocycles. The van der Waals surface area contributed by atoms with Gasteiger partial charge in [0.1, 0.15) is 27.6 Å². The van der Waals surface area contributed by atoms with Crippen molar-refractivity contribution in [2.45, 2.75) is 25.9 Å². The molecule has 0 saturated carbocycles. The summed E-state index contributed by atoms with van der Waals surface area (Å²) < 4.78 is 16.7. The van der Waals surface area contributed by atoms with Crippen molar-refractivity contribution < 1.29 is 19.0 Å². The molecule has 0 aliphatic carbocycles. The van der Waals surface area contributed by atoms with Gasteiger partial charge in [-0.25, -0.2) is 0 Å². The van der Waals surface area contributed by atoms with E-state index in [-0.39, 0.29) is 21.9 Å². The van der Waals surface area contributed by atoms with Crippen molar-refractivity contribution in [3.8, 4) is 17.2 Å². The van der Waals surface area contributed by atoms with Crippen molar-refractivity contribution in [3.63, 3.8) is 0 Å². The summed E-state index contributed by atoms with van der Waals surface area (Å²) in [6.45, 7) is 1.28. The number of esters is 1. The highest BCUT2D eigenvalue weighted by Gasteiger charge is 2.31. The Morgan fingerprint density at radius 1 is 1.17 bits per heavy atom. The predicted octanol–water partition coefficient (Wildman–Crippen LogP) is 4.99. The van der Waals surface area contributed by atoms with Gasteiger partial charge in [0.15, 0.2) is 5.75 Å². The minimum absolute atomic E-state index is 0.0649. The van der Waals surface area contributed by atoms with Gasteiger partial charge in [0, 0.05) is 12.5 Å². The average molecular weight is 367 g/mol. The van der Waals surface area contributed by atoms with Gasteiger partial charge in [0.2, 0.25) is 0 Å². The first kappa shape index (κ1) is 16.9. The van der Waals surface area contributed by atoms with Crippen LogP contribution in [-0.4, -0.2) is 13.1 Å². The molecule has 0 unspecified atom stereocenters. The van der Waals surface area contributed by atoms with Crippen LogP contribution in [0, 0.1) is 0 Å². The molecule has 24 heavy (non-hydrogen) atoms. The minimum atomic E-state index is -0.517. The minimum Gasteiger partial charge on any atom is -0.495 e. The van der Waals surface area contributed by atoms with Gasteiger partial charge in [-0.3, -0.25) is 4.79 Å². The van der Waals surface area contributed by atoms with Gasteiger partial charge in [0.25, 0.3) is 0 Å². The van der Waals surface area contributed by atoms with E-state index in [4.69, 9.17) is 37.4 Å². The van der Waals surface area contributed by atoms with Crippen molar-refractivity contribution in [1.29, 1.82) is 0 Å². The molecule has 1 heterocycles. The third-order valence-electron chi connectivity index (χ3n) is 3.88. The fraction of sp³-hybridized carbons (Fsp3) is 0.278. The zero-order chi connectivity index (χ0) is 17.3. The normalized spacial score (nSPS) is 16.1. The number of fused-ring (bicyclic) bond motifs is 1. The smallest absolute Gasteiger partial charge is 0.308 e. The molecule has 126 valence electrons. The van der Waals surface area contributed by atoms with Gasteiger partial charge in [0.05, 0.1) is 7.11 Å². The van der Waals surface area contributed by atoms with Crippen LogP contribution in [0.5, 0.6) is 17.2 Å². The van der Waals surface area contributed by atoms with Gasteiger partial charge >= 0.3 is 5.97 Å². The van der Waals surface area contributed by atoms with E-state index >= 15 is 0 Å². The summed E-state index contributed by atoms with van der Waals surface area (Å²) in [4.78, 5) is 11.3. The van der Waals surface area contributed by atoms with Crippen LogP contribution in [0.3, 0.4) is 0 Å². The topological polar surface area (TPSA) is 44.8 Å². The van der Waals surface area contributed by atoms with Crippen LogP contribution in [0.4, 0.5) is 0 Å². The quantitative estimate of drug-likeness (QED) is 0.566. The lowest BCUT2D eigenvalue weighted by molar-refractivity contribution is -0.131. The number of carbonyl (C=O) groups is 1. The monoisotopic (exact) mass is 366 g/mol. The summed E-state index contributed by atoms with van der Waals surface area (Å²) in [6.07, 6.45) is 1.33. The third-order valence-corrected chi connectivity index (χ3v) is 4.57. The van der Waals surface area contributed by atoms with Crippen LogP contribution in [-0.2, 0) is 11.2 Å². The third kappa shape index (κ3) is 3.04. The maximum atomic E-state index is 11.3. The van der Waals surface area contributed by atoms with E-state index in [0.717, 1.165) is 17.5 Å². The number of hydrogen-bond donors (Lipinski definition) is 0. The lowest BCUT2D eigenvalue weighted by atomic mass is 9.96. The summed E-state index contributed by atoms with van der Waals surface area (Å²) in [5, 5.41) is 0.366. The highest BCUT2D eigenvalue weighted by atomic mass is 35.5. The molecule has 0 fully saturated rings. The van der Waals surface area contributed by atoms with Crippen LogP contribution in [0.1, 0.15) is 30.6 Å². The molecule has 2 aromatic rings. The van der Waals surface area contributed by atoms with Crippen molar-refractivity contribution in [1.82, 2.24) is 0 Å². The molecule has 4 nitrogen and oxygen atoms in total. The molecule has 0 amide bonds. The summed E-state index contributed by atoms with van der Waals surface area (Å²) in [7, 11) is 1.51. The van der Waals surface area contributed by atoms with Crippen molar-refractivity contribution >= 4 is 29.2 Å².